The standard InChI is InChI=1S/C18H18FN3O3S/c1-22(18-21-17-12(19)5-4-6-15(17)26-18)10-16(23)20-11-7-8-13(24-2)14(9-11)25-3/h4-9H,10H2,1-3H3,(H,20,23). The van der Waals surface area contributed by atoms with E-state index in [-0.39, 0.29) is 18.3 Å². The zero-order chi connectivity index (χ0) is 18.7. The predicted octanol–water partition coefficient (Wildman–Crippen LogP) is 3.53. The second-order valence-corrected chi connectivity index (χ2v) is 6.57. The molecule has 1 aromatic heterocycles. The van der Waals surface area contributed by atoms with Crippen molar-refractivity contribution >= 4 is 38.3 Å². The molecule has 1 amide bonds. The molecule has 0 saturated heterocycles. The van der Waals surface area contributed by atoms with Crippen LogP contribution in [0.4, 0.5) is 15.2 Å². The third-order valence-corrected chi connectivity index (χ3v) is 4.87. The smallest absolute Gasteiger partial charge is 0.243 e. The van der Waals surface area contributed by atoms with Gasteiger partial charge in [-0.25, -0.2) is 9.37 Å². The average molecular weight is 375 g/mol. The SMILES string of the molecule is COc1ccc(NC(=O)CN(C)c2nc3c(F)cccc3s2)cc1OC. The topological polar surface area (TPSA) is 63.7 Å². The van der Waals surface area contributed by atoms with Crippen LogP contribution in [-0.2, 0) is 4.79 Å². The summed E-state index contributed by atoms with van der Waals surface area (Å²) in [5, 5.41) is 3.38. The number of ether oxygens (including phenoxy) is 2. The number of thiazole rings is 1. The maximum Gasteiger partial charge on any atom is 0.243 e. The van der Waals surface area contributed by atoms with Crippen LogP contribution in [0, 0.1) is 5.82 Å². The Kier molecular flexibility index (Phi) is 5.22. The van der Waals surface area contributed by atoms with Gasteiger partial charge >= 0.3 is 0 Å². The zero-order valence-electron chi connectivity index (χ0n) is 14.6. The Labute approximate surface area is 154 Å². The molecule has 0 aliphatic rings. The molecular formula is C18H18FN3O3S. The van der Waals surface area contributed by atoms with Gasteiger partial charge < -0.3 is 19.7 Å². The normalized spacial score (nSPS) is 10.6. The largest absolute Gasteiger partial charge is 0.493 e. The van der Waals surface area contributed by atoms with E-state index >= 15 is 0 Å². The number of nitrogens with zero attached hydrogens (tertiary/aromatic N) is 2. The summed E-state index contributed by atoms with van der Waals surface area (Å²) < 4.78 is 24.9. The van der Waals surface area contributed by atoms with Gasteiger partial charge in [0.1, 0.15) is 11.3 Å². The van der Waals surface area contributed by atoms with Crippen LogP contribution in [0.5, 0.6) is 11.5 Å². The fraction of sp³-hybridized carbons (Fsp3) is 0.222. The van der Waals surface area contributed by atoms with Gasteiger partial charge in [-0.3, -0.25) is 4.79 Å². The van der Waals surface area contributed by atoms with Crippen molar-refractivity contribution in [3.8, 4) is 11.5 Å². The Balaban J connectivity index is 1.70. The molecule has 1 heterocycles. The number of hydrogen-bond acceptors (Lipinski definition) is 6. The molecule has 0 spiro atoms. The van der Waals surface area contributed by atoms with E-state index in [9.17, 15) is 9.18 Å². The van der Waals surface area contributed by atoms with E-state index in [1.165, 1.54) is 24.5 Å². The second-order valence-electron chi connectivity index (χ2n) is 5.56. The van der Waals surface area contributed by atoms with Gasteiger partial charge in [0.25, 0.3) is 0 Å². The lowest BCUT2D eigenvalue weighted by molar-refractivity contribution is -0.114. The van der Waals surface area contributed by atoms with Crippen LogP contribution in [0.3, 0.4) is 0 Å². The first-order valence-corrected chi connectivity index (χ1v) is 8.61. The van der Waals surface area contributed by atoms with Crippen LogP contribution in [0.1, 0.15) is 0 Å². The Morgan fingerprint density at radius 2 is 2.00 bits per heavy atom. The van der Waals surface area contributed by atoms with Crippen molar-refractivity contribution in [1.29, 1.82) is 0 Å². The lowest BCUT2D eigenvalue weighted by Crippen LogP contribution is -2.29. The van der Waals surface area contributed by atoms with Crippen molar-refractivity contribution in [2.75, 3.05) is 38.0 Å². The van der Waals surface area contributed by atoms with E-state index in [0.29, 0.717) is 27.8 Å². The summed E-state index contributed by atoms with van der Waals surface area (Å²) in [4.78, 5) is 18.3. The van der Waals surface area contributed by atoms with E-state index in [0.717, 1.165) is 4.70 Å². The van der Waals surface area contributed by atoms with Crippen LogP contribution in [-0.4, -0.2) is 38.7 Å². The molecule has 6 nitrogen and oxygen atoms in total. The quantitative estimate of drug-likeness (QED) is 0.714. The van der Waals surface area contributed by atoms with Gasteiger partial charge in [0.2, 0.25) is 5.91 Å². The number of para-hydroxylation sites is 1. The fourth-order valence-corrected chi connectivity index (χ4v) is 3.40. The molecule has 0 aliphatic carbocycles. The molecule has 0 saturated carbocycles. The number of anilines is 2. The van der Waals surface area contributed by atoms with Crippen LogP contribution < -0.4 is 19.7 Å². The van der Waals surface area contributed by atoms with Crippen LogP contribution in [0.2, 0.25) is 0 Å². The summed E-state index contributed by atoms with van der Waals surface area (Å²) in [5.41, 5.74) is 0.913. The number of rotatable bonds is 6. The fourth-order valence-electron chi connectivity index (χ4n) is 2.46. The highest BCUT2D eigenvalue weighted by molar-refractivity contribution is 7.22. The number of hydrogen-bond donors (Lipinski definition) is 1. The van der Waals surface area contributed by atoms with E-state index < -0.39 is 0 Å². The number of halogens is 1. The van der Waals surface area contributed by atoms with Crippen molar-refractivity contribution in [3.63, 3.8) is 0 Å². The summed E-state index contributed by atoms with van der Waals surface area (Å²) in [6.07, 6.45) is 0. The van der Waals surface area contributed by atoms with Gasteiger partial charge in [-0.2, -0.15) is 0 Å². The third kappa shape index (κ3) is 3.70. The first kappa shape index (κ1) is 17.9. The third-order valence-electron chi connectivity index (χ3n) is 3.73. The highest BCUT2D eigenvalue weighted by Crippen LogP contribution is 2.31. The Hall–Kier alpha value is -2.87. The van der Waals surface area contributed by atoms with Gasteiger partial charge in [0, 0.05) is 18.8 Å². The maximum atomic E-state index is 13.8. The molecule has 136 valence electrons. The molecular weight excluding hydrogens is 357 g/mol. The van der Waals surface area contributed by atoms with Crippen LogP contribution >= 0.6 is 11.3 Å². The number of aromatic nitrogens is 1. The van der Waals surface area contributed by atoms with Crippen molar-refractivity contribution in [3.05, 3.63) is 42.2 Å². The Bertz CT molecular complexity index is 945. The summed E-state index contributed by atoms with van der Waals surface area (Å²) in [6, 6.07) is 9.95. The molecule has 2 aromatic carbocycles. The van der Waals surface area contributed by atoms with Crippen molar-refractivity contribution in [2.45, 2.75) is 0 Å². The average Bonchev–Trinajstić information content (AvgIpc) is 3.07. The zero-order valence-corrected chi connectivity index (χ0v) is 15.4. The number of benzene rings is 2. The lowest BCUT2D eigenvalue weighted by Gasteiger charge is -2.16. The number of methoxy groups -OCH3 is 2. The molecule has 0 atom stereocenters. The molecule has 3 aromatic rings. The second kappa shape index (κ2) is 7.57. The predicted molar refractivity (Wildman–Crippen MR) is 101 cm³/mol. The molecule has 0 radical (unpaired) electrons. The van der Waals surface area contributed by atoms with E-state index in [4.69, 9.17) is 9.47 Å². The summed E-state index contributed by atoms with van der Waals surface area (Å²) in [7, 11) is 4.82. The van der Waals surface area contributed by atoms with Crippen molar-refractivity contribution in [1.82, 2.24) is 4.98 Å². The molecule has 0 fully saturated rings. The summed E-state index contributed by atoms with van der Waals surface area (Å²) in [6.45, 7) is 0.0792. The van der Waals surface area contributed by atoms with E-state index in [1.807, 2.05) is 0 Å². The molecule has 3 rings (SSSR count). The van der Waals surface area contributed by atoms with Gasteiger partial charge in [0.15, 0.2) is 16.6 Å². The summed E-state index contributed by atoms with van der Waals surface area (Å²) in [5.74, 6) is 0.520. The minimum atomic E-state index is -0.367. The summed E-state index contributed by atoms with van der Waals surface area (Å²) >= 11 is 1.34. The van der Waals surface area contributed by atoms with E-state index in [1.54, 1.807) is 49.4 Å². The number of carbonyl (C=O) groups excluding carboxylic acids is 1. The molecule has 26 heavy (non-hydrogen) atoms. The first-order chi connectivity index (χ1) is 12.5. The number of amides is 1. The number of carbonyl (C=O) groups is 1. The Morgan fingerprint density at radius 3 is 2.69 bits per heavy atom. The molecule has 0 bridgehead atoms. The van der Waals surface area contributed by atoms with Crippen molar-refractivity contribution in [2.24, 2.45) is 0 Å². The van der Waals surface area contributed by atoms with Gasteiger partial charge in [-0.15, -0.1) is 0 Å². The van der Waals surface area contributed by atoms with Gasteiger partial charge in [0.05, 0.1) is 25.5 Å². The Morgan fingerprint density at radius 1 is 1.23 bits per heavy atom. The molecule has 0 aliphatic heterocycles. The minimum absolute atomic E-state index is 0.0792. The van der Waals surface area contributed by atoms with Crippen molar-refractivity contribution < 1.29 is 18.7 Å². The number of likely N-dealkylation sites (N-methyl/N-ethyl adjacent to an activating group) is 1. The number of nitrogens with one attached hydrogen (secondary N) is 1. The minimum Gasteiger partial charge on any atom is -0.493 e. The molecule has 8 heteroatoms. The van der Waals surface area contributed by atoms with Gasteiger partial charge in [-0.1, -0.05) is 17.4 Å². The highest BCUT2D eigenvalue weighted by Gasteiger charge is 2.14. The van der Waals surface area contributed by atoms with E-state index in [2.05, 4.69) is 10.3 Å². The lowest BCUT2D eigenvalue weighted by atomic mass is 10.2. The van der Waals surface area contributed by atoms with Gasteiger partial charge in [-0.05, 0) is 24.3 Å². The number of fused-ring (bicyclic) bond motifs is 1. The maximum absolute atomic E-state index is 13.8. The van der Waals surface area contributed by atoms with Crippen LogP contribution in [0.15, 0.2) is 36.4 Å². The first-order valence-electron chi connectivity index (χ1n) is 7.80. The molecule has 0 unspecified atom stereocenters. The molecule has 1 N–H and O–H groups in total. The van der Waals surface area contributed by atoms with Crippen LogP contribution in [0.25, 0.3) is 10.2 Å². The monoisotopic (exact) mass is 375 g/mol. The highest BCUT2D eigenvalue weighted by atomic mass is 32.1.